The van der Waals surface area contributed by atoms with E-state index in [0.717, 1.165) is 91.1 Å². The summed E-state index contributed by atoms with van der Waals surface area (Å²) in [4.78, 5) is 4.52. The maximum absolute atomic E-state index is 4.78. The minimum atomic E-state index is 0.534. The molecule has 0 aliphatic heterocycles. The molecule has 4 heteroatoms. The Morgan fingerprint density at radius 3 is 2.37 bits per heavy atom. The average molecular weight is 917 g/mol. The van der Waals surface area contributed by atoms with Crippen molar-refractivity contribution in [3.05, 3.63) is 310 Å². The first-order valence-electron chi connectivity index (χ1n) is 24.1. The number of rotatable bonds is 20. The fourth-order valence-corrected chi connectivity index (χ4v) is 8.24. The van der Waals surface area contributed by atoms with E-state index in [4.69, 9.17) is 6.58 Å². The van der Waals surface area contributed by atoms with Crippen molar-refractivity contribution in [2.45, 2.75) is 53.9 Å². The van der Waals surface area contributed by atoms with Crippen LogP contribution >= 0.6 is 0 Å². The third-order valence-electron chi connectivity index (χ3n) is 11.9. The van der Waals surface area contributed by atoms with Crippen LogP contribution < -0.4 is 26.0 Å². The molecule has 0 spiro atoms. The molecule has 0 heterocycles. The summed E-state index contributed by atoms with van der Waals surface area (Å²) in [6, 6.07) is 23.5. The summed E-state index contributed by atoms with van der Waals surface area (Å²) in [5.74, 6) is 0. The number of hydrogen-bond donors (Lipinski definition) is 2. The first-order chi connectivity index (χ1) is 34.2. The summed E-state index contributed by atoms with van der Waals surface area (Å²) >= 11 is 0. The lowest BCUT2D eigenvalue weighted by atomic mass is 9.98. The van der Waals surface area contributed by atoms with Crippen molar-refractivity contribution in [3.8, 4) is 0 Å². The van der Waals surface area contributed by atoms with Crippen molar-refractivity contribution in [1.29, 1.82) is 0 Å². The number of nitrogens with one attached hydrogen (secondary N) is 2. The lowest BCUT2D eigenvalue weighted by Crippen LogP contribution is -2.30. The van der Waals surface area contributed by atoms with E-state index in [1.165, 1.54) is 16.7 Å². The summed E-state index contributed by atoms with van der Waals surface area (Å²) < 4.78 is 0. The highest BCUT2D eigenvalue weighted by molar-refractivity contribution is 5.69. The number of hydrogen-bond acceptors (Lipinski definition) is 4. The first-order valence-corrected chi connectivity index (χ1v) is 24.1. The molecule has 4 nitrogen and oxygen atoms in total. The third-order valence-corrected chi connectivity index (χ3v) is 11.9. The Balaban J connectivity index is 1.48. The van der Waals surface area contributed by atoms with Crippen molar-refractivity contribution < 1.29 is 0 Å². The van der Waals surface area contributed by atoms with Crippen LogP contribution in [0, 0.1) is 13.8 Å². The molecule has 0 amide bonds. The molecule has 0 radical (unpaired) electrons. The molecule has 0 unspecified atom stereocenters. The first kappa shape index (κ1) is 51.1. The van der Waals surface area contributed by atoms with Crippen LogP contribution in [0.4, 0.5) is 17.1 Å². The zero-order valence-corrected chi connectivity index (χ0v) is 41.8. The molecule has 0 aromatic heterocycles. The molecule has 70 heavy (non-hydrogen) atoms. The highest BCUT2D eigenvalue weighted by atomic mass is 15.2. The van der Waals surface area contributed by atoms with Gasteiger partial charge in [-0.2, -0.15) is 0 Å². The SMILES string of the molecule is C=C/C=C\C/C(=C\CNC(=C/C=C/N(c1ccc(C)cc1)c1cccc(=C/C)/c1=C\C=C)/C(=C\C)C(=C)/C=C(\C=C)N(C1=CC=C(C)CC=C1)C1=CC=C=CC2=CC=CCC=C21)Nc1ccc(C)cc1. The Morgan fingerprint density at radius 2 is 1.64 bits per heavy atom. The minimum absolute atomic E-state index is 0.534. The van der Waals surface area contributed by atoms with Crippen LogP contribution in [0.1, 0.15) is 51.2 Å². The Morgan fingerprint density at radius 1 is 0.857 bits per heavy atom. The van der Waals surface area contributed by atoms with Gasteiger partial charge in [-0.05, 0) is 155 Å². The van der Waals surface area contributed by atoms with E-state index in [0.29, 0.717) is 13.0 Å². The van der Waals surface area contributed by atoms with Gasteiger partial charge in [0.2, 0.25) is 0 Å². The quantitative estimate of drug-likeness (QED) is 0.0873. The molecular formula is C66H68N4. The average Bonchev–Trinajstić information content (AvgIpc) is 3.82. The minimum Gasteiger partial charge on any atom is -0.381 e. The third kappa shape index (κ3) is 13.9. The van der Waals surface area contributed by atoms with Gasteiger partial charge in [0.1, 0.15) is 0 Å². The van der Waals surface area contributed by atoms with Crippen LogP contribution in [-0.4, -0.2) is 11.4 Å². The molecular weight excluding hydrogens is 849 g/mol. The molecule has 0 bridgehead atoms. The van der Waals surface area contributed by atoms with Gasteiger partial charge >= 0.3 is 0 Å². The van der Waals surface area contributed by atoms with Crippen LogP contribution in [0.3, 0.4) is 0 Å². The van der Waals surface area contributed by atoms with E-state index in [9.17, 15) is 0 Å². The molecule has 352 valence electrons. The van der Waals surface area contributed by atoms with E-state index in [-0.39, 0.29) is 0 Å². The number of anilines is 3. The number of aryl methyl sites for hydroxylation is 2. The molecule has 0 fully saturated rings. The van der Waals surface area contributed by atoms with Gasteiger partial charge in [-0.1, -0.05) is 158 Å². The molecule has 3 aliphatic carbocycles. The van der Waals surface area contributed by atoms with E-state index >= 15 is 0 Å². The summed E-state index contributed by atoms with van der Waals surface area (Å²) in [5, 5.41) is 9.69. The summed E-state index contributed by atoms with van der Waals surface area (Å²) in [6.07, 6.45) is 52.9. The van der Waals surface area contributed by atoms with Crippen molar-refractivity contribution in [2.75, 3.05) is 16.8 Å². The maximum Gasteiger partial charge on any atom is 0.0543 e. The Bertz CT molecular complexity index is 3050. The predicted molar refractivity (Wildman–Crippen MR) is 305 cm³/mol. The van der Waals surface area contributed by atoms with Crippen LogP contribution in [0.15, 0.2) is 289 Å². The lowest BCUT2D eigenvalue weighted by molar-refractivity contribution is 0.570. The van der Waals surface area contributed by atoms with Crippen LogP contribution in [-0.2, 0) is 0 Å². The van der Waals surface area contributed by atoms with Gasteiger partial charge in [-0.15, -0.1) is 5.73 Å². The molecule has 0 saturated heterocycles. The van der Waals surface area contributed by atoms with Gasteiger partial charge in [0.05, 0.1) is 11.4 Å². The normalized spacial score (nSPS) is 15.8. The summed E-state index contributed by atoms with van der Waals surface area (Å²) in [5.41, 5.74) is 19.0. The van der Waals surface area contributed by atoms with Crippen molar-refractivity contribution in [2.24, 2.45) is 0 Å². The van der Waals surface area contributed by atoms with Crippen LogP contribution in [0.2, 0.25) is 0 Å². The van der Waals surface area contributed by atoms with Gasteiger partial charge in [0.15, 0.2) is 0 Å². The predicted octanol–water partition coefficient (Wildman–Crippen LogP) is 15.4. The van der Waals surface area contributed by atoms with Gasteiger partial charge in [0.25, 0.3) is 0 Å². The monoisotopic (exact) mass is 917 g/mol. The van der Waals surface area contributed by atoms with Crippen molar-refractivity contribution >= 4 is 29.2 Å². The Labute approximate surface area is 418 Å². The molecule has 3 aromatic rings. The van der Waals surface area contributed by atoms with E-state index in [1.807, 2.05) is 24.3 Å². The molecule has 3 aliphatic rings. The summed E-state index contributed by atoms with van der Waals surface area (Å²) in [7, 11) is 0. The molecule has 0 saturated carbocycles. The zero-order chi connectivity index (χ0) is 49.7. The van der Waals surface area contributed by atoms with Gasteiger partial charge in [-0.3, -0.25) is 0 Å². The topological polar surface area (TPSA) is 30.5 Å². The number of allylic oxidation sites excluding steroid dienone is 22. The smallest absolute Gasteiger partial charge is 0.0543 e. The van der Waals surface area contributed by atoms with Gasteiger partial charge < -0.3 is 20.4 Å². The van der Waals surface area contributed by atoms with Crippen LogP contribution in [0.25, 0.3) is 12.2 Å². The van der Waals surface area contributed by atoms with Gasteiger partial charge in [-0.25, -0.2) is 0 Å². The highest BCUT2D eigenvalue weighted by Gasteiger charge is 2.23. The largest absolute Gasteiger partial charge is 0.381 e. The molecule has 2 N–H and O–H groups in total. The highest BCUT2D eigenvalue weighted by Crippen LogP contribution is 2.36. The second-order valence-electron chi connectivity index (χ2n) is 17.0. The summed E-state index contributed by atoms with van der Waals surface area (Å²) in [6.45, 7) is 28.2. The second kappa shape index (κ2) is 26.3. The Kier molecular flexibility index (Phi) is 19.2. The number of benzene rings is 3. The number of fused-ring (bicyclic) bond motifs is 1. The Hall–Kier alpha value is -8.30. The molecule has 3 aromatic carbocycles. The van der Waals surface area contributed by atoms with E-state index < -0.39 is 0 Å². The fourth-order valence-electron chi connectivity index (χ4n) is 8.24. The number of nitrogens with zero attached hydrogens (tertiary/aromatic N) is 2. The molecule has 6 rings (SSSR count). The van der Waals surface area contributed by atoms with Crippen molar-refractivity contribution in [1.82, 2.24) is 10.2 Å². The van der Waals surface area contributed by atoms with Gasteiger partial charge in [0, 0.05) is 69.7 Å². The van der Waals surface area contributed by atoms with E-state index in [2.05, 4.69) is 263 Å². The van der Waals surface area contributed by atoms with Crippen molar-refractivity contribution in [3.63, 3.8) is 0 Å². The second-order valence-corrected chi connectivity index (χ2v) is 17.0. The lowest BCUT2D eigenvalue weighted by Gasteiger charge is -2.31. The fraction of sp³-hybridized carbons (Fsp3) is 0.136. The zero-order valence-electron chi connectivity index (χ0n) is 41.8. The maximum atomic E-state index is 4.78. The van der Waals surface area contributed by atoms with E-state index in [1.54, 1.807) is 6.08 Å². The molecule has 0 atom stereocenters. The standard InChI is InChI=1S/C66H68N4/c1-10-15-17-30-56(68-57-41-36-51(7)37-42-57)46-47-67-64(33-24-48-69(59-43-38-52(8)39-44-59)65-35-23-29-54(12-3)62(65)25-11-2)61(14-5)53(9)49-58(13-4)70(60-31-22-26-50(6)40-45-60)66-34-21-20-28-55-27-18-16-19-32-63(55)66/h10-18,21-25,27-29,31-46,48-49,67-68H,1-2,4,9,19,26,30,47H2,3,5-8H3/b17-15-,48-24+,54-12-,56-46+,58-49+,61-14-,62-25+,64-33+. The van der Waals surface area contributed by atoms with Crippen LogP contribution in [0.5, 0.6) is 0 Å².